The van der Waals surface area contributed by atoms with Crippen molar-refractivity contribution in [2.45, 2.75) is 0 Å². The highest BCUT2D eigenvalue weighted by Crippen LogP contribution is 2.31. The number of carbonyl (C=O) groups excluding carboxylic acids is 2. The highest BCUT2D eigenvalue weighted by atomic mass is 79.9. The molecule has 3 aromatic carbocycles. The zero-order valence-electron chi connectivity index (χ0n) is 13.3. The topological polar surface area (TPSA) is 67.0 Å². The minimum absolute atomic E-state index is 0.169. The van der Waals surface area contributed by atoms with Crippen LogP contribution in [0.2, 0.25) is 0 Å². The van der Waals surface area contributed by atoms with Gasteiger partial charge in [0, 0.05) is 37.5 Å². The molecule has 4 nitrogen and oxygen atoms in total. The molecule has 1 heterocycles. The van der Waals surface area contributed by atoms with E-state index in [1.165, 1.54) is 0 Å². The van der Waals surface area contributed by atoms with Gasteiger partial charge < -0.3 is 4.98 Å². The van der Waals surface area contributed by atoms with Gasteiger partial charge in [0.25, 0.3) is 0 Å². The minimum Gasteiger partial charge on any atom is -0.354 e. The Balaban J connectivity index is 1.95. The van der Waals surface area contributed by atoms with Gasteiger partial charge in [0.05, 0.1) is 11.1 Å². The molecule has 0 bridgehead atoms. The van der Waals surface area contributed by atoms with E-state index >= 15 is 0 Å². The van der Waals surface area contributed by atoms with Crippen molar-refractivity contribution in [1.82, 2.24) is 4.98 Å². The average molecular weight is 404 g/mol. The second-order valence-corrected chi connectivity index (χ2v) is 7.17. The van der Waals surface area contributed by atoms with Crippen LogP contribution in [0, 0.1) is 0 Å². The van der Waals surface area contributed by atoms with Crippen LogP contribution >= 0.6 is 15.9 Å². The van der Waals surface area contributed by atoms with Gasteiger partial charge in [-0.25, -0.2) is 0 Å². The molecule has 5 rings (SSSR count). The Bertz CT molecular complexity index is 1350. The van der Waals surface area contributed by atoms with Crippen molar-refractivity contribution in [2.75, 3.05) is 0 Å². The first-order valence-electron chi connectivity index (χ1n) is 8.03. The van der Waals surface area contributed by atoms with E-state index in [-0.39, 0.29) is 22.6 Å². The number of halogens is 1. The van der Waals surface area contributed by atoms with Gasteiger partial charge in [-0.2, -0.15) is 0 Å². The van der Waals surface area contributed by atoms with Gasteiger partial charge in [0.2, 0.25) is 0 Å². The van der Waals surface area contributed by atoms with Crippen LogP contribution in [0.15, 0.2) is 63.9 Å². The summed E-state index contributed by atoms with van der Waals surface area (Å²) >= 11 is 3.37. The van der Waals surface area contributed by atoms with Crippen molar-refractivity contribution in [2.24, 2.45) is 0 Å². The molecule has 0 spiro atoms. The number of nitrogens with one attached hydrogen (secondary N) is 1. The molecule has 1 aliphatic carbocycles. The molecule has 0 amide bonds. The van der Waals surface area contributed by atoms with Crippen LogP contribution in [0.3, 0.4) is 0 Å². The smallest absolute Gasteiger partial charge is 0.197 e. The third kappa shape index (κ3) is 1.92. The SMILES string of the molecule is O=C1c2ccccc2C(=O)c2c1ccc1c(=O)c3cc(Br)ccc3[nH]c21. The average Bonchev–Trinajstić information content (AvgIpc) is 2.66. The van der Waals surface area contributed by atoms with E-state index in [9.17, 15) is 14.4 Å². The lowest BCUT2D eigenvalue weighted by atomic mass is 9.83. The van der Waals surface area contributed by atoms with E-state index in [4.69, 9.17) is 0 Å². The molecular weight excluding hydrogens is 394 g/mol. The number of pyridine rings is 1. The summed E-state index contributed by atoms with van der Waals surface area (Å²) < 4.78 is 0.799. The molecule has 0 atom stereocenters. The third-order valence-electron chi connectivity index (χ3n) is 4.82. The molecule has 1 N–H and O–H groups in total. The summed E-state index contributed by atoms with van der Waals surface area (Å²) in [6.07, 6.45) is 0. The molecule has 0 unspecified atom stereocenters. The van der Waals surface area contributed by atoms with Crippen molar-refractivity contribution in [3.05, 3.63) is 91.5 Å². The zero-order chi connectivity index (χ0) is 18.0. The van der Waals surface area contributed by atoms with Gasteiger partial charge in [-0.05, 0) is 30.3 Å². The lowest BCUT2D eigenvalue weighted by Gasteiger charge is -2.19. The summed E-state index contributed by atoms with van der Waals surface area (Å²) in [5.41, 5.74) is 2.23. The van der Waals surface area contributed by atoms with E-state index in [2.05, 4.69) is 20.9 Å². The molecular formula is C21H10BrNO3. The molecule has 1 aromatic heterocycles. The first-order valence-corrected chi connectivity index (χ1v) is 8.82. The number of H-pyrrole nitrogens is 1. The second kappa shape index (κ2) is 5.22. The van der Waals surface area contributed by atoms with E-state index in [0.29, 0.717) is 38.5 Å². The van der Waals surface area contributed by atoms with Crippen LogP contribution in [0.1, 0.15) is 31.8 Å². The maximum atomic E-state index is 13.1. The van der Waals surface area contributed by atoms with E-state index in [1.54, 1.807) is 48.5 Å². The van der Waals surface area contributed by atoms with Gasteiger partial charge in [0.1, 0.15) is 0 Å². The van der Waals surface area contributed by atoms with E-state index in [0.717, 1.165) is 4.47 Å². The Morgan fingerprint density at radius 2 is 1.46 bits per heavy atom. The molecule has 124 valence electrons. The molecule has 0 saturated carbocycles. The van der Waals surface area contributed by atoms with Gasteiger partial charge >= 0.3 is 0 Å². The summed E-state index contributed by atoms with van der Waals surface area (Å²) in [5, 5.41) is 0.927. The Kier molecular flexibility index (Phi) is 3.06. The molecule has 1 aliphatic rings. The summed E-state index contributed by atoms with van der Waals surface area (Å²) in [7, 11) is 0. The largest absolute Gasteiger partial charge is 0.354 e. The van der Waals surface area contributed by atoms with E-state index in [1.807, 2.05) is 6.07 Å². The predicted molar refractivity (Wildman–Crippen MR) is 103 cm³/mol. The molecule has 5 heteroatoms. The van der Waals surface area contributed by atoms with Crippen molar-refractivity contribution >= 4 is 49.3 Å². The number of ketones is 2. The van der Waals surface area contributed by atoms with Crippen LogP contribution in [-0.2, 0) is 0 Å². The highest BCUT2D eigenvalue weighted by Gasteiger charge is 2.31. The number of hydrogen-bond donors (Lipinski definition) is 1. The van der Waals surface area contributed by atoms with Crippen LogP contribution < -0.4 is 5.43 Å². The standard InChI is InChI=1S/C21H10BrNO3/c22-10-5-8-16-15(9-10)20(25)14-7-6-13-17(18(14)23-16)21(26)12-4-2-1-3-11(12)19(13)24/h1-9H,(H,23,25). The molecule has 0 aliphatic heterocycles. The lowest BCUT2D eigenvalue weighted by molar-refractivity contribution is 0.0980. The number of aromatic amines is 1. The Morgan fingerprint density at radius 3 is 2.23 bits per heavy atom. The fraction of sp³-hybridized carbons (Fsp3) is 0. The van der Waals surface area contributed by atoms with Gasteiger partial charge in [-0.1, -0.05) is 40.2 Å². The summed E-state index contributed by atoms with van der Waals surface area (Å²) in [6, 6.07) is 15.3. The third-order valence-corrected chi connectivity index (χ3v) is 5.32. The first-order chi connectivity index (χ1) is 12.6. The van der Waals surface area contributed by atoms with E-state index < -0.39 is 0 Å². The Labute approximate surface area is 155 Å². The van der Waals surface area contributed by atoms with Crippen molar-refractivity contribution in [3.8, 4) is 0 Å². The summed E-state index contributed by atoms with van der Waals surface area (Å²) in [4.78, 5) is 42.0. The minimum atomic E-state index is -0.243. The first kappa shape index (κ1) is 15.2. The fourth-order valence-corrected chi connectivity index (χ4v) is 3.96. The number of fused-ring (bicyclic) bond motifs is 5. The maximum Gasteiger partial charge on any atom is 0.197 e. The second-order valence-electron chi connectivity index (χ2n) is 6.26. The number of carbonyl (C=O) groups is 2. The molecule has 0 saturated heterocycles. The number of rotatable bonds is 0. The molecule has 0 fully saturated rings. The summed E-state index contributed by atoms with van der Waals surface area (Å²) in [5.74, 6) is -0.443. The van der Waals surface area contributed by atoms with Crippen molar-refractivity contribution in [1.29, 1.82) is 0 Å². The van der Waals surface area contributed by atoms with Crippen LogP contribution in [-0.4, -0.2) is 16.6 Å². The normalized spacial score (nSPS) is 13.1. The van der Waals surface area contributed by atoms with Gasteiger partial charge in [0.15, 0.2) is 17.0 Å². The maximum absolute atomic E-state index is 13.1. The lowest BCUT2D eigenvalue weighted by Crippen LogP contribution is -2.22. The monoisotopic (exact) mass is 403 g/mol. The Morgan fingerprint density at radius 1 is 0.731 bits per heavy atom. The van der Waals surface area contributed by atoms with Crippen LogP contribution in [0.25, 0.3) is 21.8 Å². The zero-order valence-corrected chi connectivity index (χ0v) is 14.9. The van der Waals surface area contributed by atoms with Gasteiger partial charge in [-0.15, -0.1) is 0 Å². The van der Waals surface area contributed by atoms with Crippen LogP contribution in [0.4, 0.5) is 0 Å². The van der Waals surface area contributed by atoms with Crippen molar-refractivity contribution < 1.29 is 9.59 Å². The Hall–Kier alpha value is -3.05. The molecule has 26 heavy (non-hydrogen) atoms. The molecule has 0 radical (unpaired) electrons. The quantitative estimate of drug-likeness (QED) is 0.393. The number of aromatic nitrogens is 1. The fourth-order valence-electron chi connectivity index (χ4n) is 3.60. The van der Waals surface area contributed by atoms with Crippen molar-refractivity contribution in [3.63, 3.8) is 0 Å². The number of benzene rings is 3. The van der Waals surface area contributed by atoms with Crippen LogP contribution in [0.5, 0.6) is 0 Å². The van der Waals surface area contributed by atoms with Gasteiger partial charge in [-0.3, -0.25) is 14.4 Å². The highest BCUT2D eigenvalue weighted by molar-refractivity contribution is 9.10. The summed E-state index contributed by atoms with van der Waals surface area (Å²) in [6.45, 7) is 0. The molecule has 4 aromatic rings. The predicted octanol–water partition coefficient (Wildman–Crippen LogP) is 4.22. The number of hydrogen-bond acceptors (Lipinski definition) is 3.